The van der Waals surface area contributed by atoms with E-state index in [-0.39, 0.29) is 5.56 Å². The number of aryl methyl sites for hydroxylation is 1. The Morgan fingerprint density at radius 2 is 2.21 bits per heavy atom. The van der Waals surface area contributed by atoms with E-state index in [1.807, 2.05) is 19.9 Å². The maximum atomic E-state index is 10.9. The van der Waals surface area contributed by atoms with Crippen LogP contribution in [0.15, 0.2) is 12.1 Å². The third-order valence-electron chi connectivity index (χ3n) is 2.22. The summed E-state index contributed by atoms with van der Waals surface area (Å²) < 4.78 is 0. The molecule has 0 fully saturated rings. The molecule has 1 aromatic carbocycles. The van der Waals surface area contributed by atoms with E-state index in [0.29, 0.717) is 17.5 Å². The molecule has 0 bridgehead atoms. The third kappa shape index (κ3) is 1.60. The van der Waals surface area contributed by atoms with Crippen LogP contribution in [0.25, 0.3) is 0 Å². The summed E-state index contributed by atoms with van der Waals surface area (Å²) in [6.07, 6.45) is 0.562. The molecule has 0 atom stereocenters. The molecule has 1 aromatic rings. The Bertz CT molecular complexity index is 416. The van der Waals surface area contributed by atoms with E-state index in [1.54, 1.807) is 12.1 Å². The first-order valence-electron chi connectivity index (χ1n) is 4.37. The van der Waals surface area contributed by atoms with Gasteiger partial charge in [0.25, 0.3) is 0 Å². The summed E-state index contributed by atoms with van der Waals surface area (Å²) in [5.41, 5.74) is 2.18. The molecule has 1 rings (SSSR count). The van der Waals surface area contributed by atoms with Crippen molar-refractivity contribution >= 4 is 5.97 Å². The minimum absolute atomic E-state index is 0.231. The van der Waals surface area contributed by atoms with Crippen LogP contribution in [0.4, 0.5) is 0 Å². The third-order valence-corrected chi connectivity index (χ3v) is 2.22. The maximum Gasteiger partial charge on any atom is 0.336 e. The van der Waals surface area contributed by atoms with Crippen molar-refractivity contribution in [1.29, 1.82) is 5.26 Å². The van der Waals surface area contributed by atoms with Gasteiger partial charge in [0, 0.05) is 0 Å². The van der Waals surface area contributed by atoms with Gasteiger partial charge in [-0.1, -0.05) is 13.0 Å². The second-order valence-corrected chi connectivity index (χ2v) is 3.05. The molecule has 0 heterocycles. The lowest BCUT2D eigenvalue weighted by Crippen LogP contribution is -2.05. The highest BCUT2D eigenvalue weighted by atomic mass is 16.4. The monoisotopic (exact) mass is 189 g/mol. The van der Waals surface area contributed by atoms with Gasteiger partial charge in [0.2, 0.25) is 0 Å². The number of aromatic carboxylic acids is 1. The minimum atomic E-state index is -0.974. The van der Waals surface area contributed by atoms with Crippen LogP contribution in [0.1, 0.15) is 34.0 Å². The largest absolute Gasteiger partial charge is 0.478 e. The molecule has 0 amide bonds. The van der Waals surface area contributed by atoms with Crippen LogP contribution in [-0.4, -0.2) is 11.1 Å². The zero-order valence-corrected chi connectivity index (χ0v) is 8.16. The molecular weight excluding hydrogens is 178 g/mol. The van der Waals surface area contributed by atoms with Crippen LogP contribution in [0.2, 0.25) is 0 Å². The SMILES string of the molecule is CCc1c(C(=O)O)ccc(C)c1C#N. The molecule has 3 nitrogen and oxygen atoms in total. The quantitative estimate of drug-likeness (QED) is 0.775. The van der Waals surface area contributed by atoms with Gasteiger partial charge in [0.1, 0.15) is 0 Å². The molecule has 0 aliphatic rings. The van der Waals surface area contributed by atoms with E-state index in [1.165, 1.54) is 0 Å². The topological polar surface area (TPSA) is 61.1 Å². The lowest BCUT2D eigenvalue weighted by molar-refractivity contribution is 0.0695. The van der Waals surface area contributed by atoms with Crippen molar-refractivity contribution < 1.29 is 9.90 Å². The number of carboxylic acid groups (broad SMARTS) is 1. The van der Waals surface area contributed by atoms with E-state index in [0.717, 1.165) is 5.56 Å². The second-order valence-electron chi connectivity index (χ2n) is 3.05. The van der Waals surface area contributed by atoms with Crippen molar-refractivity contribution in [1.82, 2.24) is 0 Å². The Hall–Kier alpha value is -1.82. The van der Waals surface area contributed by atoms with E-state index in [9.17, 15) is 4.79 Å². The predicted molar refractivity (Wildman–Crippen MR) is 52.2 cm³/mol. The standard InChI is InChI=1S/C11H11NO2/c1-3-8-9(11(13)14)5-4-7(2)10(8)6-12/h4-5H,3H2,1-2H3,(H,13,14). The highest BCUT2D eigenvalue weighted by Gasteiger charge is 2.13. The van der Waals surface area contributed by atoms with E-state index >= 15 is 0 Å². The van der Waals surface area contributed by atoms with Crippen molar-refractivity contribution in [2.75, 3.05) is 0 Å². The molecular formula is C11H11NO2. The number of carboxylic acids is 1. The first-order valence-corrected chi connectivity index (χ1v) is 4.37. The molecule has 0 spiro atoms. The average Bonchev–Trinajstić information content (AvgIpc) is 2.16. The van der Waals surface area contributed by atoms with Crippen LogP contribution in [0.5, 0.6) is 0 Å². The molecule has 72 valence electrons. The van der Waals surface area contributed by atoms with Gasteiger partial charge in [-0.3, -0.25) is 0 Å². The summed E-state index contributed by atoms with van der Waals surface area (Å²) in [4.78, 5) is 10.9. The molecule has 0 saturated carbocycles. The number of carbonyl (C=O) groups is 1. The Kier molecular flexibility index (Phi) is 2.88. The van der Waals surface area contributed by atoms with Gasteiger partial charge in [-0.25, -0.2) is 4.79 Å². The zero-order valence-electron chi connectivity index (χ0n) is 8.16. The Labute approximate surface area is 82.6 Å². The fourth-order valence-corrected chi connectivity index (χ4v) is 1.49. The number of benzene rings is 1. The van der Waals surface area contributed by atoms with E-state index in [2.05, 4.69) is 0 Å². The van der Waals surface area contributed by atoms with Crippen LogP contribution in [0.3, 0.4) is 0 Å². The van der Waals surface area contributed by atoms with Gasteiger partial charge in [-0.05, 0) is 30.5 Å². The molecule has 0 aromatic heterocycles. The summed E-state index contributed by atoms with van der Waals surface area (Å²) in [6, 6.07) is 5.27. The Morgan fingerprint density at radius 3 is 2.64 bits per heavy atom. The van der Waals surface area contributed by atoms with Crippen molar-refractivity contribution in [3.63, 3.8) is 0 Å². The fourth-order valence-electron chi connectivity index (χ4n) is 1.49. The number of nitriles is 1. The smallest absolute Gasteiger partial charge is 0.336 e. The van der Waals surface area contributed by atoms with Crippen LogP contribution in [-0.2, 0) is 6.42 Å². The summed E-state index contributed by atoms with van der Waals surface area (Å²) in [5, 5.41) is 17.8. The van der Waals surface area contributed by atoms with Gasteiger partial charge in [-0.2, -0.15) is 5.26 Å². The maximum absolute atomic E-state index is 10.9. The van der Waals surface area contributed by atoms with Gasteiger partial charge in [0.05, 0.1) is 17.2 Å². The Morgan fingerprint density at radius 1 is 1.57 bits per heavy atom. The summed E-state index contributed by atoms with van der Waals surface area (Å²) in [6.45, 7) is 3.66. The molecule has 0 radical (unpaired) electrons. The van der Waals surface area contributed by atoms with Gasteiger partial charge < -0.3 is 5.11 Å². The zero-order chi connectivity index (χ0) is 10.7. The first kappa shape index (κ1) is 10.3. The molecule has 0 unspecified atom stereocenters. The van der Waals surface area contributed by atoms with E-state index < -0.39 is 5.97 Å². The first-order chi connectivity index (χ1) is 6.61. The second kappa shape index (κ2) is 3.93. The van der Waals surface area contributed by atoms with Crippen molar-refractivity contribution in [3.05, 3.63) is 34.4 Å². The summed E-state index contributed by atoms with van der Waals surface area (Å²) >= 11 is 0. The molecule has 0 aliphatic carbocycles. The van der Waals surface area contributed by atoms with Crippen LogP contribution >= 0.6 is 0 Å². The average molecular weight is 189 g/mol. The minimum Gasteiger partial charge on any atom is -0.478 e. The Balaban J connectivity index is 3.50. The number of nitrogens with zero attached hydrogens (tertiary/aromatic N) is 1. The number of hydrogen-bond donors (Lipinski definition) is 1. The number of rotatable bonds is 2. The lowest BCUT2D eigenvalue weighted by atomic mass is 9.95. The molecule has 1 N–H and O–H groups in total. The lowest BCUT2D eigenvalue weighted by Gasteiger charge is -2.07. The predicted octanol–water partition coefficient (Wildman–Crippen LogP) is 2.13. The fraction of sp³-hybridized carbons (Fsp3) is 0.273. The van der Waals surface area contributed by atoms with Crippen LogP contribution < -0.4 is 0 Å². The number of hydrogen-bond acceptors (Lipinski definition) is 2. The molecule has 0 saturated heterocycles. The van der Waals surface area contributed by atoms with Gasteiger partial charge >= 0.3 is 5.97 Å². The van der Waals surface area contributed by atoms with Crippen LogP contribution in [0, 0.1) is 18.3 Å². The van der Waals surface area contributed by atoms with Crippen molar-refractivity contribution in [2.45, 2.75) is 20.3 Å². The normalized spacial score (nSPS) is 9.50. The highest BCUT2D eigenvalue weighted by molar-refractivity contribution is 5.90. The summed E-state index contributed by atoms with van der Waals surface area (Å²) in [5.74, 6) is -0.974. The molecule has 14 heavy (non-hydrogen) atoms. The summed E-state index contributed by atoms with van der Waals surface area (Å²) in [7, 11) is 0. The van der Waals surface area contributed by atoms with E-state index in [4.69, 9.17) is 10.4 Å². The van der Waals surface area contributed by atoms with Gasteiger partial charge in [0.15, 0.2) is 0 Å². The van der Waals surface area contributed by atoms with Crippen molar-refractivity contribution in [2.24, 2.45) is 0 Å². The molecule has 0 aliphatic heterocycles. The van der Waals surface area contributed by atoms with Gasteiger partial charge in [-0.15, -0.1) is 0 Å². The molecule has 3 heteroatoms. The van der Waals surface area contributed by atoms with Crippen molar-refractivity contribution in [3.8, 4) is 6.07 Å². The highest BCUT2D eigenvalue weighted by Crippen LogP contribution is 2.18.